The van der Waals surface area contributed by atoms with Gasteiger partial charge in [-0.3, -0.25) is 0 Å². The van der Waals surface area contributed by atoms with Crippen molar-refractivity contribution in [3.05, 3.63) is 40.9 Å². The summed E-state index contributed by atoms with van der Waals surface area (Å²) in [5.74, 6) is 0.695. The van der Waals surface area contributed by atoms with Crippen LogP contribution in [0, 0.1) is 28.6 Å². The molecular formula is C29H39ClO5. The highest BCUT2D eigenvalue weighted by molar-refractivity contribution is 6.30. The van der Waals surface area contributed by atoms with Gasteiger partial charge in [-0.2, -0.15) is 0 Å². The van der Waals surface area contributed by atoms with Gasteiger partial charge in [-0.25, -0.2) is 4.79 Å². The number of fused-ring (bicyclic) bond motifs is 3. The molecule has 1 aliphatic heterocycles. The Morgan fingerprint density at radius 3 is 2.71 bits per heavy atom. The second kappa shape index (κ2) is 9.72. The molecule has 1 saturated heterocycles. The molecule has 3 saturated carbocycles. The van der Waals surface area contributed by atoms with Crippen LogP contribution in [-0.2, 0) is 9.47 Å². The number of carboxylic acids is 1. The standard InChI is InChI=1S/C29H39ClO5/c1-18-8-11-24-28(2,22(18)13-15-33-23-16-20(30)9-10-21(23)26(31)32)14-12-25-29(24,3)17-34-27(35-25)19-6-4-5-7-19/h9-10,16,19,22,24-25,27H,1,4-8,11-15,17H2,2-3H3,(H,31,32)/t22-,24?,25-,27-,28+,29+/m1/s1. The minimum atomic E-state index is -1.01. The van der Waals surface area contributed by atoms with Crippen molar-refractivity contribution in [2.75, 3.05) is 13.2 Å². The van der Waals surface area contributed by atoms with E-state index >= 15 is 0 Å². The Labute approximate surface area is 214 Å². The average Bonchev–Trinajstić information content (AvgIpc) is 3.35. The number of allylic oxidation sites excluding steroid dienone is 1. The summed E-state index contributed by atoms with van der Waals surface area (Å²) in [5.41, 5.74) is 1.54. The van der Waals surface area contributed by atoms with E-state index in [1.807, 2.05) is 0 Å². The fourth-order valence-electron chi connectivity index (χ4n) is 7.94. The van der Waals surface area contributed by atoms with E-state index in [1.54, 1.807) is 12.1 Å². The van der Waals surface area contributed by atoms with Crippen molar-refractivity contribution in [3.8, 4) is 5.75 Å². The maximum atomic E-state index is 11.6. The van der Waals surface area contributed by atoms with Crippen LogP contribution >= 0.6 is 11.6 Å². The van der Waals surface area contributed by atoms with Gasteiger partial charge in [0.05, 0.1) is 19.3 Å². The van der Waals surface area contributed by atoms with E-state index in [9.17, 15) is 9.90 Å². The molecule has 192 valence electrons. The quantitative estimate of drug-likeness (QED) is 0.419. The van der Waals surface area contributed by atoms with Crippen molar-refractivity contribution in [2.45, 2.75) is 84.0 Å². The molecule has 5 nitrogen and oxygen atoms in total. The molecule has 4 fully saturated rings. The lowest BCUT2D eigenvalue weighted by Crippen LogP contribution is -2.62. The monoisotopic (exact) mass is 502 g/mol. The minimum Gasteiger partial charge on any atom is -0.493 e. The first-order valence-electron chi connectivity index (χ1n) is 13.3. The van der Waals surface area contributed by atoms with Crippen molar-refractivity contribution in [1.82, 2.24) is 0 Å². The van der Waals surface area contributed by atoms with Gasteiger partial charge in [-0.15, -0.1) is 0 Å². The Balaban J connectivity index is 1.29. The van der Waals surface area contributed by atoms with Crippen molar-refractivity contribution in [2.24, 2.45) is 28.6 Å². The molecule has 4 aliphatic rings. The third-order valence-corrected chi connectivity index (χ3v) is 10.0. The van der Waals surface area contributed by atoms with Gasteiger partial charge in [0.15, 0.2) is 6.29 Å². The van der Waals surface area contributed by atoms with Crippen molar-refractivity contribution < 1.29 is 24.1 Å². The molecule has 1 aromatic carbocycles. The largest absolute Gasteiger partial charge is 0.493 e. The number of rotatable bonds is 6. The highest BCUT2D eigenvalue weighted by Gasteiger charge is 2.60. The van der Waals surface area contributed by atoms with Crippen LogP contribution in [0.2, 0.25) is 5.02 Å². The highest BCUT2D eigenvalue weighted by atomic mass is 35.5. The first-order valence-corrected chi connectivity index (χ1v) is 13.7. The molecule has 5 rings (SSSR count). The molecule has 1 aromatic rings. The van der Waals surface area contributed by atoms with Gasteiger partial charge in [0.25, 0.3) is 0 Å². The van der Waals surface area contributed by atoms with Gasteiger partial charge < -0.3 is 19.3 Å². The molecule has 0 radical (unpaired) electrons. The maximum Gasteiger partial charge on any atom is 0.339 e. The molecule has 1 N–H and O–H groups in total. The Kier molecular flexibility index (Phi) is 6.97. The van der Waals surface area contributed by atoms with Crippen LogP contribution in [0.3, 0.4) is 0 Å². The summed E-state index contributed by atoms with van der Waals surface area (Å²) in [6.45, 7) is 10.5. The van der Waals surface area contributed by atoms with Crippen LogP contribution in [-0.4, -0.2) is 36.7 Å². The summed E-state index contributed by atoms with van der Waals surface area (Å²) in [6.07, 6.45) is 10.4. The number of halogens is 1. The number of aromatic carboxylic acids is 1. The smallest absolute Gasteiger partial charge is 0.339 e. The molecule has 35 heavy (non-hydrogen) atoms. The van der Waals surface area contributed by atoms with Crippen LogP contribution in [0.25, 0.3) is 0 Å². The van der Waals surface area contributed by atoms with Crippen molar-refractivity contribution in [1.29, 1.82) is 0 Å². The third-order valence-electron chi connectivity index (χ3n) is 9.80. The van der Waals surface area contributed by atoms with E-state index in [-0.39, 0.29) is 28.8 Å². The third kappa shape index (κ3) is 4.53. The first-order chi connectivity index (χ1) is 16.7. The summed E-state index contributed by atoms with van der Waals surface area (Å²) in [5, 5.41) is 9.98. The SMILES string of the molecule is C=C1CCC2[C@]3(C)CO[C@@H](C4CCCC4)O[C@@H]3CC[C@@]2(C)[C@@H]1CCOc1cc(Cl)ccc1C(=O)O. The van der Waals surface area contributed by atoms with Gasteiger partial charge in [0.1, 0.15) is 11.3 Å². The molecule has 1 unspecified atom stereocenters. The summed E-state index contributed by atoms with van der Waals surface area (Å²) in [6, 6.07) is 4.67. The van der Waals surface area contributed by atoms with Gasteiger partial charge in [0, 0.05) is 16.4 Å². The minimum absolute atomic E-state index is 0.00530. The molecule has 6 atom stereocenters. The lowest BCUT2D eigenvalue weighted by atomic mass is 9.46. The second-order valence-electron chi connectivity index (χ2n) is 11.8. The van der Waals surface area contributed by atoms with E-state index < -0.39 is 5.97 Å². The Hall–Kier alpha value is -1.56. The van der Waals surface area contributed by atoms with Crippen LogP contribution in [0.4, 0.5) is 0 Å². The Morgan fingerprint density at radius 1 is 1.20 bits per heavy atom. The summed E-state index contributed by atoms with van der Waals surface area (Å²) >= 11 is 6.11. The molecule has 1 heterocycles. The van der Waals surface area contributed by atoms with Gasteiger partial charge >= 0.3 is 5.97 Å². The second-order valence-corrected chi connectivity index (χ2v) is 12.2. The Morgan fingerprint density at radius 2 is 1.97 bits per heavy atom. The molecule has 0 amide bonds. The maximum absolute atomic E-state index is 11.6. The zero-order valence-electron chi connectivity index (χ0n) is 21.1. The fraction of sp³-hybridized carbons (Fsp3) is 0.690. The number of carboxylic acid groups (broad SMARTS) is 1. The molecular weight excluding hydrogens is 464 g/mol. The molecule has 0 spiro atoms. The molecule has 3 aliphatic carbocycles. The summed E-state index contributed by atoms with van der Waals surface area (Å²) in [7, 11) is 0. The molecule has 0 aromatic heterocycles. The zero-order valence-corrected chi connectivity index (χ0v) is 21.8. The molecule has 0 bridgehead atoms. The lowest BCUT2D eigenvalue weighted by molar-refractivity contribution is -0.316. The van der Waals surface area contributed by atoms with Crippen LogP contribution in [0.1, 0.15) is 82.0 Å². The van der Waals surface area contributed by atoms with E-state index in [1.165, 1.54) is 37.3 Å². The number of ether oxygens (including phenoxy) is 3. The van der Waals surface area contributed by atoms with Crippen molar-refractivity contribution in [3.63, 3.8) is 0 Å². The van der Waals surface area contributed by atoms with Crippen LogP contribution in [0.5, 0.6) is 5.75 Å². The topological polar surface area (TPSA) is 65.0 Å². The normalized spacial score (nSPS) is 37.5. The molecule has 6 heteroatoms. The predicted octanol–water partition coefficient (Wildman–Crippen LogP) is 7.13. The Bertz CT molecular complexity index is 972. The average molecular weight is 503 g/mol. The van der Waals surface area contributed by atoms with E-state index in [0.29, 0.717) is 35.1 Å². The van der Waals surface area contributed by atoms with E-state index in [2.05, 4.69) is 20.4 Å². The lowest BCUT2D eigenvalue weighted by Gasteiger charge is -2.63. The number of hydrogen-bond donors (Lipinski definition) is 1. The van der Waals surface area contributed by atoms with E-state index in [4.69, 9.17) is 25.8 Å². The summed E-state index contributed by atoms with van der Waals surface area (Å²) < 4.78 is 19.1. The first kappa shape index (κ1) is 25.1. The van der Waals surface area contributed by atoms with Gasteiger partial charge in [-0.1, -0.05) is 50.4 Å². The van der Waals surface area contributed by atoms with Crippen LogP contribution in [0.15, 0.2) is 30.4 Å². The summed E-state index contributed by atoms with van der Waals surface area (Å²) in [4.78, 5) is 11.6. The van der Waals surface area contributed by atoms with Gasteiger partial charge in [0.2, 0.25) is 0 Å². The van der Waals surface area contributed by atoms with Crippen LogP contribution < -0.4 is 4.74 Å². The van der Waals surface area contributed by atoms with Crippen molar-refractivity contribution >= 4 is 17.6 Å². The predicted molar refractivity (Wildman–Crippen MR) is 136 cm³/mol. The fourth-order valence-corrected chi connectivity index (χ4v) is 8.10. The zero-order chi connectivity index (χ0) is 24.8. The number of carbonyl (C=O) groups is 1. The number of benzene rings is 1. The highest BCUT2D eigenvalue weighted by Crippen LogP contribution is 2.63. The van der Waals surface area contributed by atoms with Gasteiger partial charge in [-0.05, 0) is 80.4 Å². The number of hydrogen-bond acceptors (Lipinski definition) is 4. The van der Waals surface area contributed by atoms with E-state index in [0.717, 1.165) is 38.7 Å².